The van der Waals surface area contributed by atoms with Gasteiger partial charge in [-0.2, -0.15) is 0 Å². The van der Waals surface area contributed by atoms with Crippen molar-refractivity contribution in [2.24, 2.45) is 0 Å². The van der Waals surface area contributed by atoms with Crippen LogP contribution in [0.5, 0.6) is 0 Å². The Balaban J connectivity index is 4.83. The van der Waals surface area contributed by atoms with Crippen LogP contribution in [0.4, 0.5) is 0 Å². The molecule has 0 heterocycles. The molecule has 0 aliphatic carbocycles. The molecule has 0 saturated carbocycles. The molecule has 0 amide bonds. The monoisotopic (exact) mass is 1140 g/mol. The van der Waals surface area contributed by atoms with Crippen LogP contribution in [0.1, 0.15) is 252 Å². The number of unbranched alkanes of at least 4 members (excludes halogenated alkanes) is 20. The highest BCUT2D eigenvalue weighted by atomic mass is 31.2. The van der Waals surface area contributed by atoms with Crippen molar-refractivity contribution in [3.05, 3.63) is 122 Å². The van der Waals surface area contributed by atoms with E-state index < -0.39 is 57.8 Å². The quantitative estimate of drug-likeness (QED) is 0.0197. The molecule has 0 saturated heterocycles. The van der Waals surface area contributed by atoms with Crippen LogP contribution in [0.25, 0.3) is 0 Å². The molecule has 0 rings (SSSR count). The van der Waals surface area contributed by atoms with Gasteiger partial charge in [-0.1, -0.05) is 232 Å². The van der Waals surface area contributed by atoms with Crippen LogP contribution in [0, 0.1) is 0 Å². The Morgan fingerprint density at radius 2 is 0.675 bits per heavy atom. The van der Waals surface area contributed by atoms with Crippen LogP contribution in [-0.4, -0.2) is 66.5 Å². The van der Waals surface area contributed by atoms with Crippen molar-refractivity contribution in [1.82, 2.24) is 0 Å². The summed E-state index contributed by atoms with van der Waals surface area (Å²) >= 11 is 0. The van der Waals surface area contributed by atoms with Gasteiger partial charge in [-0.05, 0) is 122 Å². The summed E-state index contributed by atoms with van der Waals surface area (Å²) in [6.45, 7) is 4.39. The third-order valence-electron chi connectivity index (χ3n) is 12.9. The van der Waals surface area contributed by atoms with Gasteiger partial charge in [0.1, 0.15) is 12.7 Å². The lowest BCUT2D eigenvalue weighted by atomic mass is 10.1. The summed E-state index contributed by atoms with van der Waals surface area (Å²) in [5.41, 5.74) is 0. The third-order valence-corrected chi connectivity index (χ3v) is 13.8. The number of ether oxygens (including phenoxy) is 3. The summed E-state index contributed by atoms with van der Waals surface area (Å²) in [7, 11) is -4.78. The van der Waals surface area contributed by atoms with Gasteiger partial charge < -0.3 is 24.2 Å². The molecule has 3 unspecified atom stereocenters. The average molecular weight is 1140 g/mol. The van der Waals surface area contributed by atoms with Crippen molar-refractivity contribution in [1.29, 1.82) is 0 Å². The molecular weight excluding hydrogens is 1020 g/mol. The van der Waals surface area contributed by atoms with E-state index in [-0.39, 0.29) is 25.9 Å². The Bertz CT molecular complexity index is 1800. The van der Waals surface area contributed by atoms with Gasteiger partial charge in [-0.25, -0.2) is 4.57 Å². The van der Waals surface area contributed by atoms with Crippen LogP contribution in [0.2, 0.25) is 0 Å². The van der Waals surface area contributed by atoms with Gasteiger partial charge in [0.2, 0.25) is 0 Å². The molecule has 11 nitrogen and oxygen atoms in total. The van der Waals surface area contributed by atoms with Crippen molar-refractivity contribution in [3.63, 3.8) is 0 Å². The molecule has 3 atom stereocenters. The van der Waals surface area contributed by atoms with Gasteiger partial charge in [0.05, 0.1) is 19.8 Å². The molecular formula is C68H113O11P. The van der Waals surface area contributed by atoms with E-state index in [2.05, 4.69) is 130 Å². The number of hydrogen-bond donors (Lipinski definition) is 2. The topological polar surface area (TPSA) is 155 Å². The molecule has 0 aromatic rings. The molecule has 0 fully saturated rings. The summed E-state index contributed by atoms with van der Waals surface area (Å²) in [6.07, 6.45) is 75.9. The van der Waals surface area contributed by atoms with Gasteiger partial charge in [0, 0.05) is 19.3 Å². The number of aliphatic hydroxyl groups excluding tert-OH is 1. The Morgan fingerprint density at radius 3 is 1.05 bits per heavy atom. The highest BCUT2D eigenvalue weighted by Gasteiger charge is 2.28. The molecule has 0 aromatic carbocycles. The molecule has 80 heavy (non-hydrogen) atoms. The number of rotatable bonds is 57. The van der Waals surface area contributed by atoms with Crippen LogP contribution in [0.3, 0.4) is 0 Å². The molecule has 2 N–H and O–H groups in total. The van der Waals surface area contributed by atoms with Crippen molar-refractivity contribution < 1.29 is 52.2 Å². The Morgan fingerprint density at radius 1 is 0.362 bits per heavy atom. The van der Waals surface area contributed by atoms with Gasteiger partial charge >= 0.3 is 25.7 Å². The number of esters is 3. The zero-order chi connectivity index (χ0) is 58.3. The second-order valence-corrected chi connectivity index (χ2v) is 21.9. The Kier molecular flexibility index (Phi) is 57.8. The summed E-state index contributed by atoms with van der Waals surface area (Å²) in [5, 5.41) is 9.85. The summed E-state index contributed by atoms with van der Waals surface area (Å²) < 4.78 is 39.6. The van der Waals surface area contributed by atoms with E-state index in [4.69, 9.17) is 23.3 Å². The fourth-order valence-corrected chi connectivity index (χ4v) is 8.87. The standard InChI is InChI=1S/C68H113O11P/c1-4-7-10-13-16-19-22-25-28-31-32-35-36-39-42-45-48-51-54-57-66(70)75-61-65(79-68(72)59-56-53-50-47-44-41-38-34-30-27-24-21-18-15-12-9-6-3)63-77-80(73,74)76-62-64(60-69)78-67(71)58-55-52-49-46-43-40-37-33-29-26-23-20-17-14-11-8-5-2/h7,10,16-21,25-30,32,35,39,42,48,51,64-65,69H,4-6,8-9,11-15,22-24,31,33-34,36-38,40-41,43-47,49-50,52-63H2,1-3H3,(H,73,74)/b10-7-,19-16-,20-17-,21-18-,28-25-,29-26-,30-27-,35-32-,42-39-,51-48-. The minimum atomic E-state index is -4.78. The maximum atomic E-state index is 12.9. The van der Waals surface area contributed by atoms with E-state index in [0.717, 1.165) is 116 Å². The highest BCUT2D eigenvalue weighted by molar-refractivity contribution is 7.47. The summed E-state index contributed by atoms with van der Waals surface area (Å²) in [5.74, 6) is -1.59. The minimum absolute atomic E-state index is 0.0936. The molecule has 456 valence electrons. The number of carbonyl (C=O) groups excluding carboxylic acids is 3. The van der Waals surface area contributed by atoms with Crippen LogP contribution < -0.4 is 0 Å². The zero-order valence-electron chi connectivity index (χ0n) is 50.5. The molecule has 0 radical (unpaired) electrons. The number of hydrogen-bond acceptors (Lipinski definition) is 10. The van der Waals surface area contributed by atoms with E-state index in [0.29, 0.717) is 19.3 Å². The van der Waals surface area contributed by atoms with E-state index in [1.165, 1.54) is 77.0 Å². The number of allylic oxidation sites excluding steroid dienone is 20. The van der Waals surface area contributed by atoms with Crippen LogP contribution >= 0.6 is 7.82 Å². The second-order valence-electron chi connectivity index (χ2n) is 20.5. The molecule has 12 heteroatoms. The Labute approximate surface area is 487 Å². The lowest BCUT2D eigenvalue weighted by molar-refractivity contribution is -0.161. The first-order valence-corrected chi connectivity index (χ1v) is 32.9. The third kappa shape index (κ3) is 58.5. The fraction of sp³-hybridized carbons (Fsp3) is 0.662. The second kappa shape index (κ2) is 61.0. The number of aliphatic hydroxyl groups is 1. The Hall–Kier alpha value is -4.12. The van der Waals surface area contributed by atoms with E-state index in [9.17, 15) is 28.9 Å². The minimum Gasteiger partial charge on any atom is -0.462 e. The number of phosphoric ester groups is 1. The highest BCUT2D eigenvalue weighted by Crippen LogP contribution is 2.43. The maximum Gasteiger partial charge on any atom is 0.472 e. The molecule has 0 aromatic heterocycles. The SMILES string of the molecule is CC/C=C\C/C=C\C/C=C\C/C=C\C/C=C\C/C=C\CCC(=O)OCC(COP(=O)(O)OCC(CO)OC(=O)CCCCCCCCC/C=C\C/C=C\CCCCC)OC(=O)CCCCCCCCC/C=C\C/C=C\CCCCC. The molecule has 0 bridgehead atoms. The van der Waals surface area contributed by atoms with E-state index in [1.54, 1.807) is 0 Å². The predicted octanol–water partition coefficient (Wildman–Crippen LogP) is 19.1. The predicted molar refractivity (Wildman–Crippen MR) is 334 cm³/mol. The van der Waals surface area contributed by atoms with Gasteiger partial charge in [0.15, 0.2) is 6.10 Å². The molecule has 0 aliphatic heterocycles. The zero-order valence-corrected chi connectivity index (χ0v) is 51.4. The van der Waals surface area contributed by atoms with Gasteiger partial charge in [0.25, 0.3) is 0 Å². The van der Waals surface area contributed by atoms with Crippen molar-refractivity contribution in [2.45, 2.75) is 264 Å². The normalized spacial score (nSPS) is 14.1. The van der Waals surface area contributed by atoms with Gasteiger partial charge in [-0.3, -0.25) is 23.4 Å². The first-order valence-electron chi connectivity index (χ1n) is 31.4. The van der Waals surface area contributed by atoms with Crippen molar-refractivity contribution >= 4 is 25.7 Å². The lowest BCUT2D eigenvalue weighted by Crippen LogP contribution is -2.30. The average Bonchev–Trinajstić information content (AvgIpc) is 3.45. The summed E-state index contributed by atoms with van der Waals surface area (Å²) in [6, 6.07) is 0. The first-order chi connectivity index (χ1) is 39.2. The summed E-state index contributed by atoms with van der Waals surface area (Å²) in [4.78, 5) is 48.7. The van der Waals surface area contributed by atoms with Gasteiger partial charge in [-0.15, -0.1) is 0 Å². The largest absolute Gasteiger partial charge is 0.472 e. The van der Waals surface area contributed by atoms with Crippen LogP contribution in [0.15, 0.2) is 122 Å². The fourth-order valence-electron chi connectivity index (χ4n) is 8.09. The van der Waals surface area contributed by atoms with Crippen molar-refractivity contribution in [2.75, 3.05) is 26.4 Å². The van der Waals surface area contributed by atoms with Crippen molar-refractivity contribution in [3.8, 4) is 0 Å². The maximum absolute atomic E-state index is 12.9. The van der Waals surface area contributed by atoms with E-state index >= 15 is 0 Å². The smallest absolute Gasteiger partial charge is 0.462 e. The lowest BCUT2D eigenvalue weighted by Gasteiger charge is -2.21. The van der Waals surface area contributed by atoms with E-state index in [1.807, 2.05) is 12.2 Å². The number of phosphoric acid groups is 1. The molecule has 0 aliphatic rings. The number of carbonyl (C=O) groups is 3. The molecule has 0 spiro atoms. The first kappa shape index (κ1) is 75.9. The van der Waals surface area contributed by atoms with Crippen LogP contribution in [-0.2, 0) is 42.2 Å².